The van der Waals surface area contributed by atoms with Gasteiger partial charge in [0.2, 0.25) is 5.91 Å². The molecule has 2 aromatic rings. The van der Waals surface area contributed by atoms with Gasteiger partial charge in [0.05, 0.1) is 13.0 Å². The number of hydrogen-bond donors (Lipinski definition) is 1. The first kappa shape index (κ1) is 16.7. The first-order chi connectivity index (χ1) is 11.7. The van der Waals surface area contributed by atoms with Crippen LogP contribution in [-0.2, 0) is 22.5 Å². The highest BCUT2D eigenvalue weighted by molar-refractivity contribution is 7.99. The van der Waals surface area contributed by atoms with Gasteiger partial charge >= 0.3 is 0 Å². The zero-order chi connectivity index (χ0) is 16.9. The van der Waals surface area contributed by atoms with Crippen LogP contribution in [0.15, 0.2) is 35.5 Å². The lowest BCUT2D eigenvalue weighted by Crippen LogP contribution is -2.26. The number of fused-ring (bicyclic) bond motifs is 1. The normalized spacial score (nSPS) is 13.4. The highest BCUT2D eigenvalue weighted by Crippen LogP contribution is 2.33. The zero-order valence-electron chi connectivity index (χ0n) is 13.6. The third-order valence-corrected chi connectivity index (χ3v) is 4.72. The number of nitrogens with zero attached hydrogens (tertiary/aromatic N) is 3. The van der Waals surface area contributed by atoms with E-state index in [1.165, 1.54) is 11.8 Å². The second-order valence-electron chi connectivity index (χ2n) is 5.53. The minimum atomic E-state index is 0.0105. The highest BCUT2D eigenvalue weighted by Gasteiger charge is 2.31. The molecule has 1 aliphatic heterocycles. The van der Waals surface area contributed by atoms with Crippen LogP contribution in [0.3, 0.4) is 0 Å². The summed E-state index contributed by atoms with van der Waals surface area (Å²) in [5.74, 6) is 1.90. The van der Waals surface area contributed by atoms with Crippen LogP contribution < -0.4 is 10.6 Å². The van der Waals surface area contributed by atoms with Crippen LogP contribution in [0, 0.1) is 0 Å². The van der Waals surface area contributed by atoms with E-state index in [1.807, 2.05) is 30.3 Å². The standard InChI is InChI=1S/C17H20N4O2S/c1-23-8-5-9-24-17-19-15(18)13-10-14(22)21(16(13)20-17)11-12-6-3-2-4-7-12/h2-4,6-7H,5,8-11H2,1H3,(H2,18,19,20). The first-order valence-corrected chi connectivity index (χ1v) is 8.80. The number of nitrogens with two attached hydrogens (primary N) is 1. The Morgan fingerprint density at radius 2 is 2.08 bits per heavy atom. The number of aromatic nitrogens is 2. The molecular weight excluding hydrogens is 324 g/mol. The summed E-state index contributed by atoms with van der Waals surface area (Å²) in [4.78, 5) is 23.0. The summed E-state index contributed by atoms with van der Waals surface area (Å²) >= 11 is 1.53. The number of methoxy groups -OCH3 is 1. The van der Waals surface area contributed by atoms with E-state index in [9.17, 15) is 4.79 Å². The van der Waals surface area contributed by atoms with Crippen LogP contribution in [-0.4, -0.2) is 35.3 Å². The Balaban J connectivity index is 1.80. The van der Waals surface area contributed by atoms with Crippen LogP contribution >= 0.6 is 11.8 Å². The summed E-state index contributed by atoms with van der Waals surface area (Å²) in [6.45, 7) is 1.20. The molecular formula is C17H20N4O2S. The topological polar surface area (TPSA) is 81.3 Å². The lowest BCUT2D eigenvalue weighted by Gasteiger charge is -2.17. The average Bonchev–Trinajstić information content (AvgIpc) is 2.90. The third-order valence-electron chi connectivity index (χ3n) is 3.79. The van der Waals surface area contributed by atoms with Gasteiger partial charge in [0.15, 0.2) is 5.16 Å². The van der Waals surface area contributed by atoms with E-state index < -0.39 is 0 Å². The number of nitrogen functional groups attached to an aromatic ring is 1. The average molecular weight is 344 g/mol. The molecule has 7 heteroatoms. The number of ether oxygens (including phenoxy) is 1. The molecule has 1 amide bonds. The Morgan fingerprint density at radius 1 is 1.29 bits per heavy atom. The molecule has 0 spiro atoms. The molecule has 0 aliphatic carbocycles. The fourth-order valence-electron chi connectivity index (χ4n) is 2.59. The van der Waals surface area contributed by atoms with Gasteiger partial charge in [0, 0.05) is 25.0 Å². The van der Waals surface area contributed by atoms with E-state index in [0.717, 1.165) is 23.3 Å². The number of amides is 1. The van der Waals surface area contributed by atoms with E-state index in [2.05, 4.69) is 9.97 Å². The van der Waals surface area contributed by atoms with Crippen molar-refractivity contribution < 1.29 is 9.53 Å². The van der Waals surface area contributed by atoms with Gasteiger partial charge in [-0.05, 0) is 12.0 Å². The molecule has 0 saturated carbocycles. The van der Waals surface area contributed by atoms with Crippen molar-refractivity contribution in [1.82, 2.24) is 9.97 Å². The van der Waals surface area contributed by atoms with Gasteiger partial charge in [-0.2, -0.15) is 0 Å². The van der Waals surface area contributed by atoms with Crippen LogP contribution in [0.1, 0.15) is 17.5 Å². The van der Waals surface area contributed by atoms with Crippen molar-refractivity contribution in [3.05, 3.63) is 41.5 Å². The molecule has 0 fully saturated rings. The number of thioether (sulfide) groups is 1. The second kappa shape index (κ2) is 7.63. The summed E-state index contributed by atoms with van der Waals surface area (Å²) in [7, 11) is 1.68. The Hall–Kier alpha value is -2.12. The van der Waals surface area contributed by atoms with Crippen LogP contribution in [0.25, 0.3) is 0 Å². The molecule has 0 unspecified atom stereocenters. The summed E-state index contributed by atoms with van der Waals surface area (Å²) in [5.41, 5.74) is 7.85. The summed E-state index contributed by atoms with van der Waals surface area (Å²) in [5, 5.41) is 0.607. The molecule has 0 atom stereocenters. The molecule has 24 heavy (non-hydrogen) atoms. The van der Waals surface area contributed by atoms with E-state index in [0.29, 0.717) is 29.9 Å². The van der Waals surface area contributed by atoms with Crippen molar-refractivity contribution in [3.63, 3.8) is 0 Å². The fraction of sp³-hybridized carbons (Fsp3) is 0.353. The number of carbonyl (C=O) groups excluding carboxylic acids is 1. The maximum Gasteiger partial charge on any atom is 0.233 e. The lowest BCUT2D eigenvalue weighted by molar-refractivity contribution is -0.117. The molecule has 1 aromatic carbocycles. The number of anilines is 2. The molecule has 0 saturated heterocycles. The van der Waals surface area contributed by atoms with E-state index in [4.69, 9.17) is 10.5 Å². The molecule has 3 rings (SSSR count). The second-order valence-corrected chi connectivity index (χ2v) is 6.59. The van der Waals surface area contributed by atoms with Crippen LogP contribution in [0.4, 0.5) is 11.6 Å². The van der Waals surface area contributed by atoms with Gasteiger partial charge in [0.1, 0.15) is 11.6 Å². The Kier molecular flexibility index (Phi) is 5.32. The zero-order valence-corrected chi connectivity index (χ0v) is 14.4. The van der Waals surface area contributed by atoms with E-state index >= 15 is 0 Å². The Morgan fingerprint density at radius 3 is 2.83 bits per heavy atom. The maximum absolute atomic E-state index is 12.4. The van der Waals surface area contributed by atoms with Gasteiger partial charge in [-0.1, -0.05) is 42.1 Å². The SMILES string of the molecule is COCCCSc1nc(N)c2c(n1)N(Cc1ccccc1)C(=O)C2. The van der Waals surface area contributed by atoms with Gasteiger partial charge < -0.3 is 10.5 Å². The van der Waals surface area contributed by atoms with Gasteiger partial charge in [0.25, 0.3) is 0 Å². The first-order valence-electron chi connectivity index (χ1n) is 7.81. The quantitative estimate of drug-likeness (QED) is 0.471. The van der Waals surface area contributed by atoms with Crippen molar-refractivity contribution in [1.29, 1.82) is 0 Å². The summed E-state index contributed by atoms with van der Waals surface area (Å²) < 4.78 is 5.04. The molecule has 1 aromatic heterocycles. The highest BCUT2D eigenvalue weighted by atomic mass is 32.2. The molecule has 6 nitrogen and oxygen atoms in total. The van der Waals surface area contributed by atoms with Gasteiger partial charge in [-0.15, -0.1) is 0 Å². The van der Waals surface area contributed by atoms with Crippen molar-refractivity contribution >= 4 is 29.3 Å². The minimum Gasteiger partial charge on any atom is -0.385 e. The maximum atomic E-state index is 12.4. The number of benzene rings is 1. The van der Waals surface area contributed by atoms with E-state index in [1.54, 1.807) is 12.0 Å². The van der Waals surface area contributed by atoms with Crippen molar-refractivity contribution in [2.24, 2.45) is 0 Å². The minimum absolute atomic E-state index is 0.0105. The van der Waals surface area contributed by atoms with Gasteiger partial charge in [-0.3, -0.25) is 9.69 Å². The van der Waals surface area contributed by atoms with Crippen molar-refractivity contribution in [2.45, 2.75) is 24.5 Å². The Labute approximate surface area is 145 Å². The Bertz CT molecular complexity index is 724. The summed E-state index contributed by atoms with van der Waals surface area (Å²) in [6, 6.07) is 9.87. The monoisotopic (exact) mass is 344 g/mol. The molecule has 0 bridgehead atoms. The van der Waals surface area contributed by atoms with Crippen molar-refractivity contribution in [3.8, 4) is 0 Å². The number of rotatable bonds is 7. The van der Waals surface area contributed by atoms with Crippen LogP contribution in [0.2, 0.25) is 0 Å². The van der Waals surface area contributed by atoms with Crippen LogP contribution in [0.5, 0.6) is 0 Å². The molecule has 2 N–H and O–H groups in total. The van der Waals surface area contributed by atoms with E-state index in [-0.39, 0.29) is 12.3 Å². The largest absolute Gasteiger partial charge is 0.385 e. The van der Waals surface area contributed by atoms with Crippen molar-refractivity contribution in [2.75, 3.05) is 30.1 Å². The predicted molar refractivity (Wildman–Crippen MR) is 95.0 cm³/mol. The molecule has 2 heterocycles. The summed E-state index contributed by atoms with van der Waals surface area (Å²) in [6.07, 6.45) is 1.18. The number of carbonyl (C=O) groups is 1. The molecule has 0 radical (unpaired) electrons. The smallest absolute Gasteiger partial charge is 0.233 e. The number of hydrogen-bond acceptors (Lipinski definition) is 6. The molecule has 1 aliphatic rings. The third kappa shape index (κ3) is 3.68. The van der Waals surface area contributed by atoms with Gasteiger partial charge in [-0.25, -0.2) is 9.97 Å². The molecule has 126 valence electrons. The predicted octanol–water partition coefficient (Wildman–Crippen LogP) is 2.28. The lowest BCUT2D eigenvalue weighted by atomic mass is 10.2. The fourth-order valence-corrected chi connectivity index (χ4v) is 3.34.